The Bertz CT molecular complexity index is 899. The van der Waals surface area contributed by atoms with Crippen LogP contribution in [-0.4, -0.2) is 57.4 Å². The lowest BCUT2D eigenvalue weighted by atomic mass is 10.1. The Morgan fingerprint density at radius 2 is 1.93 bits per heavy atom. The van der Waals surface area contributed by atoms with Crippen LogP contribution in [0.25, 0.3) is 11.5 Å². The minimum Gasteiger partial charge on any atom is -0.396 e. The SMILES string of the molecule is Cc1cccc(CN2CCN(c3noc(-c4ccccc4)n3)C[C@H]2CCO)n1. The molecule has 0 saturated carbocycles. The summed E-state index contributed by atoms with van der Waals surface area (Å²) < 4.78 is 5.46. The van der Waals surface area contributed by atoms with E-state index in [1.165, 1.54) is 0 Å². The van der Waals surface area contributed by atoms with E-state index in [1.807, 2.05) is 49.4 Å². The summed E-state index contributed by atoms with van der Waals surface area (Å²) in [6.45, 7) is 5.35. The lowest BCUT2D eigenvalue weighted by Gasteiger charge is -2.40. The van der Waals surface area contributed by atoms with Crippen molar-refractivity contribution in [3.63, 3.8) is 0 Å². The van der Waals surface area contributed by atoms with E-state index in [4.69, 9.17) is 4.52 Å². The third kappa shape index (κ3) is 4.21. The van der Waals surface area contributed by atoms with Crippen molar-refractivity contribution in [2.75, 3.05) is 31.1 Å². The molecular formula is C21H25N5O2. The van der Waals surface area contributed by atoms with Crippen LogP contribution in [0.4, 0.5) is 5.95 Å². The summed E-state index contributed by atoms with van der Waals surface area (Å²) in [5.74, 6) is 1.14. The molecule has 28 heavy (non-hydrogen) atoms. The van der Waals surface area contributed by atoms with Gasteiger partial charge in [-0.25, -0.2) is 0 Å². The van der Waals surface area contributed by atoms with Gasteiger partial charge in [-0.05, 0) is 42.8 Å². The molecule has 7 heteroatoms. The topological polar surface area (TPSA) is 78.5 Å². The van der Waals surface area contributed by atoms with Crippen molar-refractivity contribution < 1.29 is 9.63 Å². The third-order valence-corrected chi connectivity index (χ3v) is 5.10. The number of pyridine rings is 1. The molecule has 7 nitrogen and oxygen atoms in total. The maximum absolute atomic E-state index is 9.55. The molecule has 1 aromatic carbocycles. The number of nitrogens with zero attached hydrogens (tertiary/aromatic N) is 5. The molecule has 0 amide bonds. The van der Waals surface area contributed by atoms with Crippen LogP contribution in [0.15, 0.2) is 53.1 Å². The summed E-state index contributed by atoms with van der Waals surface area (Å²) in [6.07, 6.45) is 0.700. The zero-order chi connectivity index (χ0) is 19.3. The highest BCUT2D eigenvalue weighted by Gasteiger charge is 2.29. The molecular weight excluding hydrogens is 354 g/mol. The number of aromatic nitrogens is 3. The van der Waals surface area contributed by atoms with Crippen LogP contribution in [0.1, 0.15) is 17.8 Å². The highest BCUT2D eigenvalue weighted by Crippen LogP contribution is 2.23. The molecule has 146 valence electrons. The molecule has 0 unspecified atom stereocenters. The summed E-state index contributed by atoms with van der Waals surface area (Å²) >= 11 is 0. The number of aryl methyl sites for hydroxylation is 1. The smallest absolute Gasteiger partial charge is 0.266 e. The second-order valence-corrected chi connectivity index (χ2v) is 7.12. The number of rotatable bonds is 6. The quantitative estimate of drug-likeness (QED) is 0.705. The maximum atomic E-state index is 9.55. The molecule has 3 aromatic rings. The van der Waals surface area contributed by atoms with Gasteiger partial charge < -0.3 is 14.5 Å². The molecule has 0 radical (unpaired) electrons. The van der Waals surface area contributed by atoms with Crippen molar-refractivity contribution in [2.24, 2.45) is 0 Å². The molecule has 1 atom stereocenters. The molecule has 0 bridgehead atoms. The molecule has 1 N–H and O–H groups in total. The summed E-state index contributed by atoms with van der Waals surface area (Å²) in [5, 5.41) is 13.7. The standard InChI is InChI=1S/C21H25N5O2/c1-16-6-5-9-18(22-16)14-25-11-12-26(15-19(25)10-13-27)21-23-20(28-24-21)17-7-3-2-4-8-17/h2-9,19,27H,10-15H2,1H3/t19-/m1/s1. The second kappa shape index (κ2) is 8.50. The zero-order valence-corrected chi connectivity index (χ0v) is 16.0. The van der Waals surface area contributed by atoms with Crippen LogP contribution < -0.4 is 4.90 Å². The summed E-state index contributed by atoms with van der Waals surface area (Å²) in [4.78, 5) is 13.7. The average Bonchev–Trinajstić information content (AvgIpc) is 3.20. The molecule has 1 fully saturated rings. The van der Waals surface area contributed by atoms with Gasteiger partial charge in [-0.1, -0.05) is 24.3 Å². The lowest BCUT2D eigenvalue weighted by Crippen LogP contribution is -2.53. The minimum absolute atomic E-state index is 0.151. The number of hydrogen-bond donors (Lipinski definition) is 1. The van der Waals surface area contributed by atoms with Crippen LogP contribution >= 0.6 is 0 Å². The molecule has 1 saturated heterocycles. The summed E-state index contributed by atoms with van der Waals surface area (Å²) in [5.41, 5.74) is 3.00. The molecule has 3 heterocycles. The number of aliphatic hydroxyl groups is 1. The first-order chi connectivity index (χ1) is 13.7. The largest absolute Gasteiger partial charge is 0.396 e. The lowest BCUT2D eigenvalue weighted by molar-refractivity contribution is 0.133. The molecule has 1 aliphatic rings. The Morgan fingerprint density at radius 3 is 2.71 bits per heavy atom. The fourth-order valence-corrected chi connectivity index (χ4v) is 3.64. The predicted octanol–water partition coefficient (Wildman–Crippen LogP) is 2.51. The van der Waals surface area contributed by atoms with E-state index in [-0.39, 0.29) is 12.6 Å². The van der Waals surface area contributed by atoms with Gasteiger partial charge in [0.2, 0.25) is 0 Å². The van der Waals surface area contributed by atoms with Gasteiger partial charge in [-0.2, -0.15) is 4.98 Å². The van der Waals surface area contributed by atoms with E-state index < -0.39 is 0 Å². The van der Waals surface area contributed by atoms with Crippen LogP contribution in [0.3, 0.4) is 0 Å². The van der Waals surface area contributed by atoms with Gasteiger partial charge in [0.15, 0.2) is 0 Å². The zero-order valence-electron chi connectivity index (χ0n) is 16.0. The monoisotopic (exact) mass is 379 g/mol. The van der Waals surface area contributed by atoms with Crippen molar-refractivity contribution in [1.29, 1.82) is 0 Å². The molecule has 4 rings (SSSR count). The number of anilines is 1. The van der Waals surface area contributed by atoms with Crippen molar-refractivity contribution in [1.82, 2.24) is 20.0 Å². The number of benzene rings is 1. The minimum atomic E-state index is 0.151. The normalized spacial score (nSPS) is 17.8. The number of piperazine rings is 1. The van der Waals surface area contributed by atoms with Crippen molar-refractivity contribution in [3.05, 3.63) is 59.9 Å². The van der Waals surface area contributed by atoms with Gasteiger partial charge in [-0.3, -0.25) is 9.88 Å². The predicted molar refractivity (Wildman–Crippen MR) is 107 cm³/mol. The highest BCUT2D eigenvalue weighted by molar-refractivity contribution is 5.54. The second-order valence-electron chi connectivity index (χ2n) is 7.12. The van der Waals surface area contributed by atoms with Gasteiger partial charge in [0.25, 0.3) is 11.8 Å². The van der Waals surface area contributed by atoms with Gasteiger partial charge in [0.05, 0.1) is 5.69 Å². The highest BCUT2D eigenvalue weighted by atomic mass is 16.5. The Labute approximate surface area is 164 Å². The average molecular weight is 379 g/mol. The van der Waals surface area contributed by atoms with Gasteiger partial charge in [0, 0.05) is 50.1 Å². The van der Waals surface area contributed by atoms with E-state index >= 15 is 0 Å². The van der Waals surface area contributed by atoms with E-state index in [2.05, 4.69) is 31.0 Å². The van der Waals surface area contributed by atoms with Crippen LogP contribution in [0, 0.1) is 6.92 Å². The Balaban J connectivity index is 1.46. The van der Waals surface area contributed by atoms with Crippen molar-refractivity contribution >= 4 is 5.95 Å². The van der Waals surface area contributed by atoms with Gasteiger partial charge in [-0.15, -0.1) is 0 Å². The molecule has 0 spiro atoms. The van der Waals surface area contributed by atoms with Gasteiger partial charge in [0.1, 0.15) is 0 Å². The van der Waals surface area contributed by atoms with E-state index in [0.29, 0.717) is 18.3 Å². The van der Waals surface area contributed by atoms with E-state index in [9.17, 15) is 5.11 Å². The van der Waals surface area contributed by atoms with E-state index in [0.717, 1.165) is 43.1 Å². The first-order valence-electron chi connectivity index (χ1n) is 9.64. The fourth-order valence-electron chi connectivity index (χ4n) is 3.64. The fraction of sp³-hybridized carbons (Fsp3) is 0.381. The molecule has 2 aromatic heterocycles. The van der Waals surface area contributed by atoms with Crippen LogP contribution in [0.5, 0.6) is 0 Å². The van der Waals surface area contributed by atoms with Crippen LogP contribution in [-0.2, 0) is 6.54 Å². The Hall–Kier alpha value is -2.77. The molecule has 0 aliphatic carbocycles. The van der Waals surface area contributed by atoms with Crippen molar-refractivity contribution in [2.45, 2.75) is 25.9 Å². The maximum Gasteiger partial charge on any atom is 0.266 e. The van der Waals surface area contributed by atoms with E-state index in [1.54, 1.807) is 0 Å². The first kappa shape index (κ1) is 18.6. The van der Waals surface area contributed by atoms with Crippen molar-refractivity contribution in [3.8, 4) is 11.5 Å². The summed E-state index contributed by atoms with van der Waals surface area (Å²) in [6, 6.07) is 16.1. The third-order valence-electron chi connectivity index (χ3n) is 5.10. The van der Waals surface area contributed by atoms with Crippen LogP contribution in [0.2, 0.25) is 0 Å². The Kier molecular flexibility index (Phi) is 5.64. The first-order valence-corrected chi connectivity index (χ1v) is 9.64. The number of aliphatic hydroxyl groups excluding tert-OH is 1. The Morgan fingerprint density at radius 1 is 1.07 bits per heavy atom. The number of hydrogen-bond acceptors (Lipinski definition) is 7. The molecule has 1 aliphatic heterocycles. The summed E-state index contributed by atoms with van der Waals surface area (Å²) in [7, 11) is 0. The van der Waals surface area contributed by atoms with Gasteiger partial charge >= 0.3 is 0 Å².